The number of carbonyl (C=O) groups excluding carboxylic acids is 2. The van der Waals surface area contributed by atoms with Crippen LogP contribution in [-0.2, 0) is 6.54 Å². The van der Waals surface area contributed by atoms with E-state index < -0.39 is 0 Å². The molecular formula is C23H27NO4. The van der Waals surface area contributed by atoms with Gasteiger partial charge in [-0.15, -0.1) is 0 Å². The Bertz CT molecular complexity index is 893. The van der Waals surface area contributed by atoms with Crippen molar-refractivity contribution >= 4 is 11.6 Å². The molecule has 1 aliphatic carbocycles. The minimum absolute atomic E-state index is 0.0478. The molecule has 0 bridgehead atoms. The van der Waals surface area contributed by atoms with Gasteiger partial charge in [0.1, 0.15) is 0 Å². The molecule has 1 N–H and O–H groups in total. The van der Waals surface area contributed by atoms with Gasteiger partial charge >= 0.3 is 0 Å². The Hall–Kier alpha value is -2.53. The average Bonchev–Trinajstić information content (AvgIpc) is 2.71. The lowest BCUT2D eigenvalue weighted by Crippen LogP contribution is -2.28. The van der Waals surface area contributed by atoms with E-state index in [2.05, 4.69) is 0 Å². The molecule has 0 amide bonds. The Labute approximate surface area is 165 Å². The van der Waals surface area contributed by atoms with Crippen LogP contribution in [0, 0.1) is 5.92 Å². The summed E-state index contributed by atoms with van der Waals surface area (Å²) in [5.74, 6) is -0.0497. The zero-order valence-corrected chi connectivity index (χ0v) is 16.3. The number of pyridine rings is 1. The smallest absolute Gasteiger partial charge is 0.261 e. The van der Waals surface area contributed by atoms with Gasteiger partial charge in [0.2, 0.25) is 0 Å². The average molecular weight is 381 g/mol. The van der Waals surface area contributed by atoms with Crippen LogP contribution in [0.2, 0.25) is 0 Å². The van der Waals surface area contributed by atoms with Gasteiger partial charge in [-0.25, -0.2) is 0 Å². The van der Waals surface area contributed by atoms with Gasteiger partial charge in [-0.05, 0) is 43.2 Å². The number of Topliss-reactive ketones (excluding diaryl/α,β-unsaturated/α-hetero) is 2. The maximum atomic E-state index is 12.9. The summed E-state index contributed by atoms with van der Waals surface area (Å²) in [5.41, 5.74) is 1.08. The summed E-state index contributed by atoms with van der Waals surface area (Å²) < 4.78 is 1.47. The number of aliphatic hydroxyl groups is 1. The highest BCUT2D eigenvalue weighted by Gasteiger charge is 2.23. The Morgan fingerprint density at radius 1 is 1.07 bits per heavy atom. The maximum Gasteiger partial charge on any atom is 0.261 e. The van der Waals surface area contributed by atoms with Crippen LogP contribution in [0.25, 0.3) is 0 Å². The molecule has 5 nitrogen and oxygen atoms in total. The molecule has 2 aromatic rings. The number of aromatic nitrogens is 1. The van der Waals surface area contributed by atoms with Crippen molar-refractivity contribution in [3.63, 3.8) is 0 Å². The van der Waals surface area contributed by atoms with E-state index in [-0.39, 0.29) is 41.1 Å². The number of aliphatic hydroxyl groups excluding tert-OH is 1. The molecule has 0 radical (unpaired) electrons. The van der Waals surface area contributed by atoms with E-state index in [4.69, 9.17) is 0 Å². The predicted octanol–water partition coefficient (Wildman–Crippen LogP) is 3.61. The van der Waals surface area contributed by atoms with E-state index in [1.165, 1.54) is 10.6 Å². The number of benzene rings is 1. The van der Waals surface area contributed by atoms with E-state index >= 15 is 0 Å². The molecule has 1 fully saturated rings. The summed E-state index contributed by atoms with van der Waals surface area (Å²) in [6.45, 7) is 2.03. The topological polar surface area (TPSA) is 76.4 Å². The van der Waals surface area contributed by atoms with Crippen LogP contribution < -0.4 is 5.56 Å². The first-order valence-corrected chi connectivity index (χ1v) is 10.0. The first kappa shape index (κ1) is 20.2. The largest absolute Gasteiger partial charge is 0.393 e. The minimum atomic E-state index is -0.354. The van der Waals surface area contributed by atoms with Crippen molar-refractivity contribution in [1.29, 1.82) is 0 Å². The monoisotopic (exact) mass is 381 g/mol. The van der Waals surface area contributed by atoms with E-state index in [1.807, 2.05) is 30.3 Å². The molecule has 1 heterocycles. The maximum absolute atomic E-state index is 12.9. The Kier molecular flexibility index (Phi) is 6.57. The Morgan fingerprint density at radius 2 is 1.75 bits per heavy atom. The van der Waals surface area contributed by atoms with Crippen molar-refractivity contribution in [1.82, 2.24) is 4.57 Å². The van der Waals surface area contributed by atoms with Gasteiger partial charge in [0.25, 0.3) is 5.56 Å². The van der Waals surface area contributed by atoms with Crippen LogP contribution in [0.3, 0.4) is 0 Å². The van der Waals surface area contributed by atoms with Gasteiger partial charge in [0.05, 0.1) is 18.2 Å². The molecule has 0 unspecified atom stereocenters. The summed E-state index contributed by atoms with van der Waals surface area (Å²) in [4.78, 5) is 37.9. The highest BCUT2D eigenvalue weighted by molar-refractivity contribution is 6.00. The van der Waals surface area contributed by atoms with Crippen molar-refractivity contribution in [3.8, 4) is 0 Å². The standard InChI is InChI=1S/C23H27NO4/c1-2-21(26)20-13-18(22(27)12-16-8-10-19(25)11-9-16)15-24(23(20)28)14-17-6-4-3-5-7-17/h3-7,13,15-16,19,25H,2,8-12,14H2,1H3. The van der Waals surface area contributed by atoms with E-state index in [9.17, 15) is 19.5 Å². The molecule has 1 aromatic heterocycles. The number of ketones is 2. The summed E-state index contributed by atoms with van der Waals surface area (Å²) in [7, 11) is 0. The third-order valence-corrected chi connectivity index (χ3v) is 5.52. The van der Waals surface area contributed by atoms with Gasteiger partial charge in [-0.2, -0.15) is 0 Å². The van der Waals surface area contributed by atoms with Gasteiger partial charge < -0.3 is 9.67 Å². The molecule has 1 aliphatic rings. The molecule has 1 saturated carbocycles. The van der Waals surface area contributed by atoms with Crippen molar-refractivity contribution < 1.29 is 14.7 Å². The van der Waals surface area contributed by atoms with Crippen LogP contribution >= 0.6 is 0 Å². The van der Waals surface area contributed by atoms with Crippen LogP contribution in [0.15, 0.2) is 47.4 Å². The van der Waals surface area contributed by atoms with E-state index in [0.717, 1.165) is 31.2 Å². The number of nitrogens with zero attached hydrogens (tertiary/aromatic N) is 1. The molecule has 148 valence electrons. The van der Waals surface area contributed by atoms with Crippen LogP contribution in [0.4, 0.5) is 0 Å². The first-order chi connectivity index (χ1) is 13.5. The molecular weight excluding hydrogens is 354 g/mol. The van der Waals surface area contributed by atoms with Crippen molar-refractivity contribution in [2.24, 2.45) is 5.92 Å². The minimum Gasteiger partial charge on any atom is -0.393 e. The van der Waals surface area contributed by atoms with Gasteiger partial charge in [0.15, 0.2) is 11.6 Å². The fraction of sp³-hybridized carbons (Fsp3) is 0.435. The quantitative estimate of drug-likeness (QED) is 0.743. The number of hydrogen-bond acceptors (Lipinski definition) is 4. The summed E-state index contributed by atoms with van der Waals surface area (Å²) in [5, 5.41) is 9.65. The molecule has 0 spiro atoms. The van der Waals surface area contributed by atoms with Crippen LogP contribution in [0.5, 0.6) is 0 Å². The lowest BCUT2D eigenvalue weighted by Gasteiger charge is -2.24. The van der Waals surface area contributed by atoms with Gasteiger partial charge in [-0.3, -0.25) is 14.4 Å². The molecule has 0 saturated heterocycles. The molecule has 3 rings (SSSR count). The normalized spacial score (nSPS) is 19.4. The SMILES string of the molecule is CCC(=O)c1cc(C(=O)CC2CCC(O)CC2)cn(Cc2ccccc2)c1=O. The molecule has 0 atom stereocenters. The zero-order valence-electron chi connectivity index (χ0n) is 16.3. The molecule has 1 aromatic carbocycles. The van der Waals surface area contributed by atoms with E-state index in [1.54, 1.807) is 13.1 Å². The second kappa shape index (κ2) is 9.11. The van der Waals surface area contributed by atoms with Crippen molar-refractivity contribution in [2.75, 3.05) is 0 Å². The van der Waals surface area contributed by atoms with Gasteiger partial charge in [0, 0.05) is 24.6 Å². The molecule has 5 heteroatoms. The lowest BCUT2D eigenvalue weighted by atomic mass is 9.83. The highest BCUT2D eigenvalue weighted by Crippen LogP contribution is 2.28. The Morgan fingerprint density at radius 3 is 2.39 bits per heavy atom. The number of carbonyl (C=O) groups is 2. The summed E-state index contributed by atoms with van der Waals surface area (Å²) >= 11 is 0. The first-order valence-electron chi connectivity index (χ1n) is 10.0. The van der Waals surface area contributed by atoms with Crippen molar-refractivity contribution in [2.45, 2.75) is 58.1 Å². The van der Waals surface area contributed by atoms with Crippen molar-refractivity contribution in [3.05, 3.63) is 69.6 Å². The number of hydrogen-bond donors (Lipinski definition) is 1. The third-order valence-electron chi connectivity index (χ3n) is 5.52. The second-order valence-corrected chi connectivity index (χ2v) is 7.64. The molecule has 28 heavy (non-hydrogen) atoms. The third kappa shape index (κ3) is 4.84. The molecule has 0 aliphatic heterocycles. The fourth-order valence-electron chi connectivity index (χ4n) is 3.81. The zero-order chi connectivity index (χ0) is 20.1. The predicted molar refractivity (Wildman–Crippen MR) is 108 cm³/mol. The fourth-order valence-corrected chi connectivity index (χ4v) is 3.81. The lowest BCUT2D eigenvalue weighted by molar-refractivity contribution is 0.0859. The van der Waals surface area contributed by atoms with Crippen LogP contribution in [-0.4, -0.2) is 27.3 Å². The van der Waals surface area contributed by atoms with Crippen LogP contribution in [0.1, 0.15) is 71.7 Å². The highest BCUT2D eigenvalue weighted by atomic mass is 16.3. The second-order valence-electron chi connectivity index (χ2n) is 7.64. The Balaban J connectivity index is 1.89. The summed E-state index contributed by atoms with van der Waals surface area (Å²) in [6.07, 6.45) is 5.05. The van der Waals surface area contributed by atoms with Gasteiger partial charge in [-0.1, -0.05) is 37.3 Å². The number of rotatable bonds is 7. The van der Waals surface area contributed by atoms with E-state index in [0.29, 0.717) is 18.5 Å². The summed E-state index contributed by atoms with van der Waals surface area (Å²) in [6, 6.07) is 11.0.